The van der Waals surface area contributed by atoms with Crippen molar-refractivity contribution < 1.29 is 14.6 Å². The van der Waals surface area contributed by atoms with Crippen LogP contribution < -0.4 is 4.74 Å². The van der Waals surface area contributed by atoms with E-state index in [1.165, 1.54) is 30.4 Å². The van der Waals surface area contributed by atoms with Gasteiger partial charge in [0.2, 0.25) is 0 Å². The molecule has 1 aromatic heterocycles. The Morgan fingerprint density at radius 3 is 2.73 bits per heavy atom. The molecule has 0 saturated carbocycles. The molecule has 0 unspecified atom stereocenters. The molecule has 134 valence electrons. The maximum absolute atomic E-state index is 11.5. The van der Waals surface area contributed by atoms with Crippen LogP contribution in [0.25, 0.3) is 10.9 Å². The van der Waals surface area contributed by atoms with E-state index in [9.17, 15) is 9.90 Å². The Balaban J connectivity index is 1.41. The minimum absolute atomic E-state index is 0.292. The smallest absolute Gasteiger partial charge is 0.352 e. The molecule has 0 bridgehead atoms. The Labute approximate surface area is 152 Å². The van der Waals surface area contributed by atoms with Gasteiger partial charge in [-0.3, -0.25) is 0 Å². The number of rotatable bonds is 6. The van der Waals surface area contributed by atoms with Gasteiger partial charge in [-0.05, 0) is 73.4 Å². The summed E-state index contributed by atoms with van der Waals surface area (Å²) in [6.07, 6.45) is 6.31. The SMILES string of the molecule is O=C(O)c1[nH]c2ccccc2c1CCCOc1ccc2c(c1)CCCC2. The van der Waals surface area contributed by atoms with Gasteiger partial charge in [0.15, 0.2) is 0 Å². The molecule has 26 heavy (non-hydrogen) atoms. The second kappa shape index (κ2) is 7.24. The monoisotopic (exact) mass is 349 g/mol. The Kier molecular flexibility index (Phi) is 4.65. The van der Waals surface area contributed by atoms with E-state index in [-0.39, 0.29) is 0 Å². The standard InChI is InChI=1S/C22H23NO3/c24-22(25)21-19(18-8-3-4-10-20(18)23-21)9-5-13-26-17-12-11-15-6-1-2-7-16(15)14-17/h3-4,8,10-12,14,23H,1-2,5-7,9,13H2,(H,24,25). The quantitative estimate of drug-likeness (QED) is 0.631. The Morgan fingerprint density at radius 2 is 1.88 bits per heavy atom. The van der Waals surface area contributed by atoms with Gasteiger partial charge >= 0.3 is 5.97 Å². The topological polar surface area (TPSA) is 62.3 Å². The van der Waals surface area contributed by atoms with E-state index in [0.29, 0.717) is 18.7 Å². The van der Waals surface area contributed by atoms with Crippen LogP contribution in [0.1, 0.15) is 46.4 Å². The first kappa shape index (κ1) is 16.7. The average molecular weight is 349 g/mol. The minimum atomic E-state index is -0.910. The van der Waals surface area contributed by atoms with E-state index in [4.69, 9.17) is 4.74 Å². The van der Waals surface area contributed by atoms with E-state index in [1.54, 1.807) is 0 Å². The fourth-order valence-electron chi connectivity index (χ4n) is 3.88. The minimum Gasteiger partial charge on any atom is -0.494 e. The van der Waals surface area contributed by atoms with Gasteiger partial charge in [-0.1, -0.05) is 24.3 Å². The third kappa shape index (κ3) is 3.32. The van der Waals surface area contributed by atoms with Gasteiger partial charge < -0.3 is 14.8 Å². The summed E-state index contributed by atoms with van der Waals surface area (Å²) in [5, 5.41) is 10.4. The number of aromatic carboxylic acids is 1. The van der Waals surface area contributed by atoms with Crippen molar-refractivity contribution in [3.8, 4) is 5.75 Å². The summed E-state index contributed by atoms with van der Waals surface area (Å²) in [4.78, 5) is 14.5. The molecule has 1 aliphatic rings. The van der Waals surface area contributed by atoms with Gasteiger partial charge in [0.1, 0.15) is 11.4 Å². The summed E-state index contributed by atoms with van der Waals surface area (Å²) in [7, 11) is 0. The van der Waals surface area contributed by atoms with Gasteiger partial charge in [0.25, 0.3) is 0 Å². The predicted octanol–water partition coefficient (Wildman–Crippen LogP) is 4.76. The van der Waals surface area contributed by atoms with Gasteiger partial charge in [0.05, 0.1) is 6.61 Å². The molecule has 4 nitrogen and oxygen atoms in total. The third-order valence-electron chi connectivity index (χ3n) is 5.19. The van der Waals surface area contributed by atoms with Crippen LogP contribution in [0.15, 0.2) is 42.5 Å². The van der Waals surface area contributed by atoms with Crippen LogP contribution in [0, 0.1) is 0 Å². The van der Waals surface area contributed by atoms with Gasteiger partial charge in [0, 0.05) is 10.9 Å². The second-order valence-electron chi connectivity index (χ2n) is 6.92. The van der Waals surface area contributed by atoms with Crippen molar-refractivity contribution in [3.05, 3.63) is 64.8 Å². The van der Waals surface area contributed by atoms with Gasteiger partial charge in [-0.15, -0.1) is 0 Å². The number of hydrogen-bond donors (Lipinski definition) is 2. The maximum Gasteiger partial charge on any atom is 0.352 e. The third-order valence-corrected chi connectivity index (χ3v) is 5.19. The molecule has 1 heterocycles. The summed E-state index contributed by atoms with van der Waals surface area (Å²) in [5.74, 6) is 0.00911. The lowest BCUT2D eigenvalue weighted by molar-refractivity contribution is 0.0690. The number of hydrogen-bond acceptors (Lipinski definition) is 2. The highest BCUT2D eigenvalue weighted by atomic mass is 16.5. The number of aryl methyl sites for hydroxylation is 3. The lowest BCUT2D eigenvalue weighted by Crippen LogP contribution is -2.06. The van der Waals surface area contributed by atoms with Crippen LogP contribution in [0.5, 0.6) is 5.75 Å². The first-order valence-corrected chi connectivity index (χ1v) is 9.30. The number of carbonyl (C=O) groups is 1. The Morgan fingerprint density at radius 1 is 1.08 bits per heavy atom. The highest BCUT2D eigenvalue weighted by Gasteiger charge is 2.16. The van der Waals surface area contributed by atoms with E-state index in [2.05, 4.69) is 23.2 Å². The number of aromatic amines is 1. The number of ether oxygens (including phenoxy) is 1. The highest BCUT2D eigenvalue weighted by molar-refractivity contribution is 5.97. The summed E-state index contributed by atoms with van der Waals surface area (Å²) in [6.45, 7) is 0.581. The maximum atomic E-state index is 11.5. The molecule has 4 heteroatoms. The second-order valence-corrected chi connectivity index (χ2v) is 6.92. The van der Waals surface area contributed by atoms with Gasteiger partial charge in [-0.25, -0.2) is 4.79 Å². The van der Waals surface area contributed by atoms with Gasteiger partial charge in [-0.2, -0.15) is 0 Å². The average Bonchev–Trinajstić information content (AvgIpc) is 3.04. The molecule has 0 spiro atoms. The molecule has 1 aliphatic carbocycles. The molecule has 0 fully saturated rings. The lowest BCUT2D eigenvalue weighted by atomic mass is 9.92. The number of carboxylic acid groups (broad SMARTS) is 1. The van der Waals surface area contributed by atoms with Crippen LogP contribution in [0.4, 0.5) is 0 Å². The predicted molar refractivity (Wildman–Crippen MR) is 102 cm³/mol. The number of H-pyrrole nitrogens is 1. The lowest BCUT2D eigenvalue weighted by Gasteiger charge is -2.16. The van der Waals surface area contributed by atoms with Crippen LogP contribution in [-0.4, -0.2) is 22.7 Å². The summed E-state index contributed by atoms with van der Waals surface area (Å²) in [5.41, 5.74) is 4.89. The molecule has 0 aliphatic heterocycles. The number of para-hydroxylation sites is 1. The van der Waals surface area contributed by atoms with Crippen LogP contribution in [0.3, 0.4) is 0 Å². The zero-order chi connectivity index (χ0) is 17.9. The zero-order valence-electron chi connectivity index (χ0n) is 14.8. The van der Waals surface area contributed by atoms with Crippen molar-refractivity contribution in [2.24, 2.45) is 0 Å². The summed E-state index contributed by atoms with van der Waals surface area (Å²) < 4.78 is 5.93. The molecule has 4 rings (SSSR count). The number of nitrogens with one attached hydrogen (secondary N) is 1. The molecule has 0 radical (unpaired) electrons. The summed E-state index contributed by atoms with van der Waals surface area (Å²) in [6, 6.07) is 14.1. The van der Waals surface area contributed by atoms with Crippen LogP contribution in [0.2, 0.25) is 0 Å². The first-order valence-electron chi connectivity index (χ1n) is 9.30. The van der Waals surface area contributed by atoms with E-state index < -0.39 is 5.97 Å². The van der Waals surface area contributed by atoms with Crippen molar-refractivity contribution in [3.63, 3.8) is 0 Å². The number of aromatic nitrogens is 1. The van der Waals surface area contributed by atoms with E-state index in [1.807, 2.05) is 24.3 Å². The van der Waals surface area contributed by atoms with Crippen molar-refractivity contribution in [2.45, 2.75) is 38.5 Å². The summed E-state index contributed by atoms with van der Waals surface area (Å²) >= 11 is 0. The van der Waals surface area contributed by atoms with E-state index >= 15 is 0 Å². The Bertz CT molecular complexity index is 942. The van der Waals surface area contributed by atoms with E-state index in [0.717, 1.165) is 35.1 Å². The zero-order valence-corrected chi connectivity index (χ0v) is 14.8. The molecular weight excluding hydrogens is 326 g/mol. The number of benzene rings is 2. The molecule has 2 N–H and O–H groups in total. The molecular formula is C22H23NO3. The van der Waals surface area contributed by atoms with Crippen LogP contribution >= 0.6 is 0 Å². The van der Waals surface area contributed by atoms with Crippen molar-refractivity contribution in [2.75, 3.05) is 6.61 Å². The fraction of sp³-hybridized carbons (Fsp3) is 0.318. The number of carboxylic acids is 1. The Hall–Kier alpha value is -2.75. The number of fused-ring (bicyclic) bond motifs is 2. The molecule has 0 saturated heterocycles. The first-order chi connectivity index (χ1) is 12.7. The molecule has 3 aromatic rings. The van der Waals surface area contributed by atoms with Crippen molar-refractivity contribution >= 4 is 16.9 Å². The van der Waals surface area contributed by atoms with Crippen molar-refractivity contribution in [1.82, 2.24) is 4.98 Å². The normalized spacial score (nSPS) is 13.5. The molecule has 0 amide bonds. The van der Waals surface area contributed by atoms with Crippen molar-refractivity contribution in [1.29, 1.82) is 0 Å². The molecule has 2 aromatic carbocycles. The molecule has 0 atom stereocenters. The fourth-order valence-corrected chi connectivity index (χ4v) is 3.88. The van der Waals surface area contributed by atoms with Crippen LogP contribution in [-0.2, 0) is 19.3 Å². The highest BCUT2D eigenvalue weighted by Crippen LogP contribution is 2.26. The largest absolute Gasteiger partial charge is 0.494 e.